The maximum Gasteiger partial charge on any atom is 0.259 e. The van der Waals surface area contributed by atoms with Crippen molar-refractivity contribution in [3.05, 3.63) is 46.4 Å². The molecule has 2 heterocycles. The number of aryl methyl sites for hydroxylation is 1. The monoisotopic (exact) mass is 320 g/mol. The number of benzene rings is 1. The summed E-state index contributed by atoms with van der Waals surface area (Å²) in [5.74, 6) is -0.327. The SMILES string of the molecule is Cc1nnc(NC(=O)c2ccc(-n3cnnc3)cc2Cl)s1. The van der Waals surface area contributed by atoms with Gasteiger partial charge in [-0.15, -0.1) is 20.4 Å². The lowest BCUT2D eigenvalue weighted by atomic mass is 10.2. The second-order valence-corrected chi connectivity index (χ2v) is 5.70. The van der Waals surface area contributed by atoms with Gasteiger partial charge in [0.15, 0.2) is 0 Å². The number of anilines is 1. The minimum absolute atomic E-state index is 0.327. The van der Waals surface area contributed by atoms with E-state index in [1.807, 2.05) is 6.92 Å². The first-order chi connectivity index (χ1) is 10.1. The number of nitrogens with one attached hydrogen (secondary N) is 1. The first kappa shape index (κ1) is 13.7. The molecule has 0 saturated carbocycles. The minimum atomic E-state index is -0.327. The van der Waals surface area contributed by atoms with Gasteiger partial charge in [0.2, 0.25) is 5.13 Å². The van der Waals surface area contributed by atoms with Crippen LogP contribution in [0.4, 0.5) is 5.13 Å². The molecule has 1 amide bonds. The molecule has 0 unspecified atom stereocenters. The highest BCUT2D eigenvalue weighted by atomic mass is 35.5. The van der Waals surface area contributed by atoms with E-state index in [1.165, 1.54) is 11.3 Å². The van der Waals surface area contributed by atoms with E-state index >= 15 is 0 Å². The number of halogens is 1. The molecule has 0 aliphatic rings. The van der Waals surface area contributed by atoms with Gasteiger partial charge in [0.1, 0.15) is 17.7 Å². The fraction of sp³-hybridized carbons (Fsp3) is 0.0833. The standard InChI is InChI=1S/C12H9ClN6OS/c1-7-17-18-12(21-7)16-11(20)9-3-2-8(4-10(9)13)19-5-14-15-6-19/h2-6H,1H3,(H,16,18,20). The van der Waals surface area contributed by atoms with Gasteiger partial charge in [-0.05, 0) is 25.1 Å². The van der Waals surface area contributed by atoms with Crippen LogP contribution in [0.2, 0.25) is 5.02 Å². The number of carbonyl (C=O) groups excluding carboxylic acids is 1. The molecular formula is C12H9ClN6OS. The molecule has 0 saturated heterocycles. The smallest absolute Gasteiger partial charge is 0.259 e. The van der Waals surface area contributed by atoms with Crippen molar-refractivity contribution in [2.75, 3.05) is 5.32 Å². The van der Waals surface area contributed by atoms with Crippen molar-refractivity contribution in [1.29, 1.82) is 0 Å². The predicted octanol–water partition coefficient (Wildman–Crippen LogP) is 2.33. The highest BCUT2D eigenvalue weighted by Gasteiger charge is 2.13. The van der Waals surface area contributed by atoms with Gasteiger partial charge in [-0.1, -0.05) is 22.9 Å². The molecule has 0 bridgehead atoms. The molecule has 9 heteroatoms. The predicted molar refractivity (Wildman–Crippen MR) is 79.0 cm³/mol. The third kappa shape index (κ3) is 2.91. The van der Waals surface area contributed by atoms with Gasteiger partial charge in [0, 0.05) is 5.69 Å². The van der Waals surface area contributed by atoms with E-state index in [2.05, 4.69) is 25.7 Å². The van der Waals surface area contributed by atoms with Crippen molar-refractivity contribution in [1.82, 2.24) is 25.0 Å². The topological polar surface area (TPSA) is 85.6 Å². The van der Waals surface area contributed by atoms with Crippen molar-refractivity contribution in [2.45, 2.75) is 6.92 Å². The molecule has 1 aromatic carbocycles. The Morgan fingerprint density at radius 2 is 2.05 bits per heavy atom. The number of aromatic nitrogens is 5. The Kier molecular flexibility index (Phi) is 3.63. The summed E-state index contributed by atoms with van der Waals surface area (Å²) in [6, 6.07) is 5.07. The van der Waals surface area contributed by atoms with Crippen LogP contribution in [-0.4, -0.2) is 30.9 Å². The van der Waals surface area contributed by atoms with Crippen LogP contribution in [0.25, 0.3) is 5.69 Å². The summed E-state index contributed by atoms with van der Waals surface area (Å²) in [4.78, 5) is 12.2. The molecule has 0 radical (unpaired) electrons. The van der Waals surface area contributed by atoms with Crippen LogP contribution in [0.5, 0.6) is 0 Å². The molecule has 1 N–H and O–H groups in total. The summed E-state index contributed by atoms with van der Waals surface area (Å²) < 4.78 is 1.70. The van der Waals surface area contributed by atoms with E-state index in [0.717, 1.165) is 10.7 Å². The highest BCUT2D eigenvalue weighted by Crippen LogP contribution is 2.22. The van der Waals surface area contributed by atoms with Gasteiger partial charge in [0.05, 0.1) is 10.6 Å². The highest BCUT2D eigenvalue weighted by molar-refractivity contribution is 7.15. The van der Waals surface area contributed by atoms with Crippen LogP contribution >= 0.6 is 22.9 Å². The molecule has 0 spiro atoms. The second-order valence-electron chi connectivity index (χ2n) is 4.11. The maximum absolute atomic E-state index is 12.2. The summed E-state index contributed by atoms with van der Waals surface area (Å²) in [6.07, 6.45) is 3.10. The van der Waals surface area contributed by atoms with Crippen molar-refractivity contribution >= 4 is 34.0 Å². The van der Waals surface area contributed by atoms with Crippen LogP contribution in [-0.2, 0) is 0 Å². The molecule has 106 valence electrons. The number of hydrogen-bond acceptors (Lipinski definition) is 6. The third-order valence-corrected chi connectivity index (χ3v) is 3.73. The average Bonchev–Trinajstić information content (AvgIpc) is 3.10. The molecule has 7 nitrogen and oxygen atoms in total. The van der Waals surface area contributed by atoms with Gasteiger partial charge in [-0.25, -0.2) is 0 Å². The number of rotatable bonds is 3. The van der Waals surface area contributed by atoms with E-state index in [4.69, 9.17) is 11.6 Å². The van der Waals surface area contributed by atoms with Gasteiger partial charge < -0.3 is 0 Å². The first-order valence-electron chi connectivity index (χ1n) is 5.89. The lowest BCUT2D eigenvalue weighted by Gasteiger charge is -2.06. The Morgan fingerprint density at radius 3 is 2.67 bits per heavy atom. The van der Waals surface area contributed by atoms with Gasteiger partial charge >= 0.3 is 0 Å². The fourth-order valence-electron chi connectivity index (χ4n) is 1.69. The molecule has 0 aliphatic heterocycles. The Bertz CT molecular complexity index is 785. The number of nitrogens with zero attached hydrogens (tertiary/aromatic N) is 5. The molecule has 0 aliphatic carbocycles. The van der Waals surface area contributed by atoms with E-state index in [-0.39, 0.29) is 5.91 Å². The lowest BCUT2D eigenvalue weighted by molar-refractivity contribution is 0.102. The Hall–Kier alpha value is -2.32. The van der Waals surface area contributed by atoms with Crippen molar-refractivity contribution < 1.29 is 4.79 Å². The molecule has 0 fully saturated rings. The normalized spacial score (nSPS) is 10.6. The molecule has 3 rings (SSSR count). The summed E-state index contributed by atoms with van der Waals surface area (Å²) in [6.45, 7) is 1.81. The Morgan fingerprint density at radius 1 is 1.29 bits per heavy atom. The molecule has 0 atom stereocenters. The van der Waals surface area contributed by atoms with Crippen LogP contribution in [0.3, 0.4) is 0 Å². The van der Waals surface area contributed by atoms with E-state index in [1.54, 1.807) is 35.4 Å². The zero-order valence-corrected chi connectivity index (χ0v) is 12.4. The maximum atomic E-state index is 12.2. The minimum Gasteiger partial charge on any atom is -0.296 e. The fourth-order valence-corrected chi connectivity index (χ4v) is 2.54. The number of carbonyl (C=O) groups is 1. The Labute approximate surface area is 128 Å². The Balaban J connectivity index is 1.84. The van der Waals surface area contributed by atoms with Crippen molar-refractivity contribution in [3.63, 3.8) is 0 Å². The van der Waals surface area contributed by atoms with Gasteiger partial charge in [-0.2, -0.15) is 0 Å². The number of amides is 1. The zero-order valence-electron chi connectivity index (χ0n) is 10.8. The summed E-state index contributed by atoms with van der Waals surface area (Å²) >= 11 is 7.46. The van der Waals surface area contributed by atoms with Crippen LogP contribution in [0.1, 0.15) is 15.4 Å². The first-order valence-corrected chi connectivity index (χ1v) is 7.09. The summed E-state index contributed by atoms with van der Waals surface area (Å²) in [7, 11) is 0. The van der Waals surface area contributed by atoms with E-state index in [0.29, 0.717) is 15.7 Å². The van der Waals surface area contributed by atoms with Crippen LogP contribution < -0.4 is 5.32 Å². The van der Waals surface area contributed by atoms with E-state index < -0.39 is 0 Å². The van der Waals surface area contributed by atoms with Gasteiger partial charge in [-0.3, -0.25) is 14.7 Å². The van der Waals surface area contributed by atoms with Crippen LogP contribution in [0.15, 0.2) is 30.9 Å². The lowest BCUT2D eigenvalue weighted by Crippen LogP contribution is -2.12. The molecular weight excluding hydrogens is 312 g/mol. The summed E-state index contributed by atoms with van der Waals surface area (Å²) in [5.41, 5.74) is 1.13. The largest absolute Gasteiger partial charge is 0.296 e. The zero-order chi connectivity index (χ0) is 14.8. The van der Waals surface area contributed by atoms with E-state index in [9.17, 15) is 4.79 Å². The van der Waals surface area contributed by atoms with Crippen molar-refractivity contribution in [2.24, 2.45) is 0 Å². The van der Waals surface area contributed by atoms with Crippen LogP contribution in [0, 0.1) is 6.92 Å². The van der Waals surface area contributed by atoms with Crippen molar-refractivity contribution in [3.8, 4) is 5.69 Å². The molecule has 2 aromatic heterocycles. The number of hydrogen-bond donors (Lipinski definition) is 1. The third-order valence-electron chi connectivity index (χ3n) is 2.66. The van der Waals surface area contributed by atoms with Gasteiger partial charge in [0.25, 0.3) is 5.91 Å². The summed E-state index contributed by atoms with van der Waals surface area (Å²) in [5, 5.41) is 19.3. The average molecular weight is 321 g/mol. The molecule has 3 aromatic rings. The second kappa shape index (κ2) is 5.58. The molecule has 21 heavy (non-hydrogen) atoms. The quantitative estimate of drug-likeness (QED) is 0.800.